The lowest BCUT2D eigenvalue weighted by atomic mass is 9.99. The number of benzene rings is 2. The van der Waals surface area contributed by atoms with Gasteiger partial charge in [-0.25, -0.2) is 13.4 Å². The Morgan fingerprint density at radius 2 is 2.00 bits per heavy atom. The normalized spacial score (nSPS) is 15.1. The third-order valence-electron chi connectivity index (χ3n) is 6.08. The first kappa shape index (κ1) is 26.5. The van der Waals surface area contributed by atoms with E-state index < -0.39 is 38.1 Å². The van der Waals surface area contributed by atoms with Gasteiger partial charge in [0.2, 0.25) is 10.0 Å². The number of hydrogen-bond donors (Lipinski definition) is 2. The van der Waals surface area contributed by atoms with Crippen LogP contribution in [0.5, 0.6) is 5.75 Å². The van der Waals surface area contributed by atoms with E-state index in [1.165, 1.54) is 28.6 Å². The quantitative estimate of drug-likeness (QED) is 0.314. The van der Waals surface area contributed by atoms with Gasteiger partial charge in [0.15, 0.2) is 0 Å². The summed E-state index contributed by atoms with van der Waals surface area (Å²) in [5.41, 5.74) is -0.839. The highest BCUT2D eigenvalue weighted by molar-refractivity contribution is 7.89. The number of aromatic amines is 1. The van der Waals surface area contributed by atoms with E-state index in [1.54, 1.807) is 0 Å². The van der Waals surface area contributed by atoms with Gasteiger partial charge in [-0.1, -0.05) is 18.5 Å². The van der Waals surface area contributed by atoms with Gasteiger partial charge in [0.05, 0.1) is 38.8 Å². The number of carboxylic acids is 1. The lowest BCUT2D eigenvalue weighted by molar-refractivity contribution is -0.384. The van der Waals surface area contributed by atoms with Gasteiger partial charge in [0.25, 0.3) is 11.2 Å². The standard InChI is InChI=1S/C23H23ClN4O8S/c1-2-9-36-20-4-3-14(37(34,35)27-7-5-13(6-8-27)23(30)31)10-16(20)21-25-18-12-17(24)19(28(32)33)11-15(18)22(29)26-21/h3-4,10-13H,2,5-9H2,1H3,(H,30,31)(H,25,26,29). The molecule has 0 saturated carbocycles. The molecular formula is C23H23ClN4O8S. The van der Waals surface area contributed by atoms with Crippen molar-refractivity contribution >= 4 is 44.2 Å². The van der Waals surface area contributed by atoms with Gasteiger partial charge in [0, 0.05) is 19.2 Å². The number of aromatic nitrogens is 2. The number of H-pyrrole nitrogens is 1. The smallest absolute Gasteiger partial charge is 0.306 e. The fourth-order valence-corrected chi connectivity index (χ4v) is 5.82. The first-order valence-electron chi connectivity index (χ1n) is 11.4. The first-order valence-corrected chi connectivity index (χ1v) is 13.2. The zero-order valence-electron chi connectivity index (χ0n) is 19.6. The molecule has 0 aliphatic carbocycles. The van der Waals surface area contributed by atoms with E-state index in [4.69, 9.17) is 16.3 Å². The molecule has 0 unspecified atom stereocenters. The van der Waals surface area contributed by atoms with Gasteiger partial charge in [-0.3, -0.25) is 19.7 Å². The van der Waals surface area contributed by atoms with Crippen molar-refractivity contribution < 1.29 is 28.0 Å². The third kappa shape index (κ3) is 5.29. The molecule has 3 aromatic rings. The zero-order valence-corrected chi connectivity index (χ0v) is 21.2. The van der Waals surface area contributed by atoms with Crippen LogP contribution in [0.15, 0.2) is 40.0 Å². The molecule has 1 fully saturated rings. The number of piperidine rings is 1. The van der Waals surface area contributed by atoms with Crippen LogP contribution in [0.3, 0.4) is 0 Å². The number of carboxylic acid groups (broad SMARTS) is 1. The Hall–Kier alpha value is -3.55. The molecule has 1 aromatic heterocycles. The maximum absolute atomic E-state index is 13.4. The van der Waals surface area contributed by atoms with Gasteiger partial charge in [-0.2, -0.15) is 4.31 Å². The summed E-state index contributed by atoms with van der Waals surface area (Å²) in [6.07, 6.45) is 1.07. The van der Waals surface area contributed by atoms with E-state index in [0.717, 1.165) is 6.07 Å². The molecule has 2 N–H and O–H groups in total. The highest BCUT2D eigenvalue weighted by Gasteiger charge is 2.32. The number of nitrogens with one attached hydrogen (secondary N) is 1. The van der Waals surface area contributed by atoms with Gasteiger partial charge in [-0.15, -0.1) is 0 Å². The Labute approximate surface area is 216 Å². The molecule has 0 atom stereocenters. The van der Waals surface area contributed by atoms with Crippen LogP contribution < -0.4 is 10.3 Å². The van der Waals surface area contributed by atoms with Gasteiger partial charge < -0.3 is 14.8 Å². The predicted molar refractivity (Wildman–Crippen MR) is 134 cm³/mol. The number of rotatable bonds is 8. The van der Waals surface area contributed by atoms with Crippen molar-refractivity contribution in [3.63, 3.8) is 0 Å². The van der Waals surface area contributed by atoms with Crippen LogP contribution in [-0.4, -0.2) is 58.4 Å². The molecule has 1 saturated heterocycles. The van der Waals surface area contributed by atoms with Gasteiger partial charge >= 0.3 is 5.97 Å². The summed E-state index contributed by atoms with van der Waals surface area (Å²) in [5, 5.41) is 20.2. The van der Waals surface area contributed by atoms with Crippen LogP contribution in [0, 0.1) is 16.0 Å². The van der Waals surface area contributed by atoms with E-state index >= 15 is 0 Å². The summed E-state index contributed by atoms with van der Waals surface area (Å²) in [6, 6.07) is 6.42. The van der Waals surface area contributed by atoms with Crippen LogP contribution in [0.4, 0.5) is 5.69 Å². The molecule has 1 aliphatic heterocycles. The highest BCUT2D eigenvalue weighted by Crippen LogP contribution is 2.34. The van der Waals surface area contributed by atoms with Crippen molar-refractivity contribution in [2.45, 2.75) is 31.1 Å². The second-order valence-electron chi connectivity index (χ2n) is 8.52. The molecule has 4 rings (SSSR count). The predicted octanol–water partition coefficient (Wildman–Crippen LogP) is 3.43. The number of hydrogen-bond acceptors (Lipinski definition) is 8. The molecule has 2 aromatic carbocycles. The summed E-state index contributed by atoms with van der Waals surface area (Å²) in [6.45, 7) is 2.33. The van der Waals surface area contributed by atoms with Crippen LogP contribution in [0.1, 0.15) is 26.2 Å². The first-order chi connectivity index (χ1) is 17.5. The Morgan fingerprint density at radius 1 is 1.30 bits per heavy atom. The molecule has 37 heavy (non-hydrogen) atoms. The molecule has 12 nitrogen and oxygen atoms in total. The minimum atomic E-state index is -3.98. The topological polar surface area (TPSA) is 173 Å². The second-order valence-corrected chi connectivity index (χ2v) is 10.9. The van der Waals surface area contributed by atoms with E-state index in [2.05, 4.69) is 9.97 Å². The molecule has 196 valence electrons. The highest BCUT2D eigenvalue weighted by atomic mass is 35.5. The summed E-state index contributed by atoms with van der Waals surface area (Å²) in [4.78, 5) is 41.4. The number of ether oxygens (including phenoxy) is 1. The van der Waals surface area contributed by atoms with Crippen molar-refractivity contribution in [2.24, 2.45) is 5.92 Å². The Balaban J connectivity index is 1.80. The lowest BCUT2D eigenvalue weighted by Crippen LogP contribution is -2.40. The molecular weight excluding hydrogens is 528 g/mol. The number of aliphatic carboxylic acids is 1. The van der Waals surface area contributed by atoms with Crippen LogP contribution in [0.25, 0.3) is 22.3 Å². The largest absolute Gasteiger partial charge is 0.493 e. The van der Waals surface area contributed by atoms with Gasteiger partial charge in [0.1, 0.15) is 16.6 Å². The number of sulfonamides is 1. The van der Waals surface area contributed by atoms with Crippen molar-refractivity contribution in [3.8, 4) is 17.1 Å². The lowest BCUT2D eigenvalue weighted by Gasteiger charge is -2.29. The monoisotopic (exact) mass is 550 g/mol. The molecule has 0 spiro atoms. The Bertz CT molecular complexity index is 1550. The van der Waals surface area contributed by atoms with E-state index in [0.29, 0.717) is 13.0 Å². The molecule has 2 heterocycles. The number of nitro benzene ring substituents is 1. The SMILES string of the molecule is CCCOc1ccc(S(=O)(=O)N2CCC(C(=O)O)CC2)cc1-c1nc2cc(Cl)c([N+](=O)[O-])cc2c(=O)[nH]1. The summed E-state index contributed by atoms with van der Waals surface area (Å²) in [7, 11) is -3.98. The second kappa shape index (κ2) is 10.4. The molecule has 0 radical (unpaired) electrons. The minimum Gasteiger partial charge on any atom is -0.493 e. The molecule has 0 amide bonds. The molecule has 0 bridgehead atoms. The zero-order chi connectivity index (χ0) is 26.9. The maximum atomic E-state index is 13.4. The van der Waals surface area contributed by atoms with Crippen molar-refractivity contribution in [2.75, 3.05) is 19.7 Å². The molecule has 14 heteroatoms. The Kier molecular flexibility index (Phi) is 7.48. The summed E-state index contributed by atoms with van der Waals surface area (Å²) >= 11 is 6.01. The maximum Gasteiger partial charge on any atom is 0.306 e. The Morgan fingerprint density at radius 3 is 2.62 bits per heavy atom. The molecule has 1 aliphatic rings. The third-order valence-corrected chi connectivity index (χ3v) is 8.28. The van der Waals surface area contributed by atoms with E-state index in [1.807, 2.05) is 6.92 Å². The number of halogens is 1. The van der Waals surface area contributed by atoms with Gasteiger partial charge in [-0.05, 0) is 43.5 Å². The number of carbonyl (C=O) groups is 1. The average Bonchev–Trinajstić information content (AvgIpc) is 2.86. The van der Waals surface area contributed by atoms with Crippen LogP contribution in [0.2, 0.25) is 5.02 Å². The fraction of sp³-hybridized carbons (Fsp3) is 0.348. The average molecular weight is 551 g/mol. The van der Waals surface area contributed by atoms with E-state index in [9.17, 15) is 33.2 Å². The summed E-state index contributed by atoms with van der Waals surface area (Å²) in [5.74, 6) is -1.27. The number of fused-ring (bicyclic) bond motifs is 1. The van der Waals surface area contributed by atoms with Crippen LogP contribution in [-0.2, 0) is 14.8 Å². The number of nitro groups is 1. The van der Waals surface area contributed by atoms with Crippen molar-refractivity contribution in [3.05, 3.63) is 55.8 Å². The minimum absolute atomic E-state index is 0.00448. The van der Waals surface area contributed by atoms with Crippen molar-refractivity contribution in [1.29, 1.82) is 0 Å². The fourth-order valence-electron chi connectivity index (χ4n) is 4.10. The number of nitrogens with zero attached hydrogens (tertiary/aromatic N) is 3. The van der Waals surface area contributed by atoms with Crippen molar-refractivity contribution in [1.82, 2.24) is 14.3 Å². The summed E-state index contributed by atoms with van der Waals surface area (Å²) < 4.78 is 33.7. The van der Waals surface area contributed by atoms with Crippen LogP contribution >= 0.6 is 11.6 Å². The van der Waals surface area contributed by atoms with E-state index in [-0.39, 0.29) is 63.9 Å².